The molecular weight excluding hydrogens is 280 g/mol. The van der Waals surface area contributed by atoms with E-state index in [1.54, 1.807) is 16.9 Å². The van der Waals surface area contributed by atoms with Crippen molar-refractivity contribution in [2.24, 2.45) is 5.41 Å². The van der Waals surface area contributed by atoms with Crippen molar-refractivity contribution in [3.05, 3.63) is 18.0 Å². The van der Waals surface area contributed by atoms with Gasteiger partial charge >= 0.3 is 5.97 Å². The molecule has 1 aliphatic carbocycles. The summed E-state index contributed by atoms with van der Waals surface area (Å²) in [7, 11) is -3.33. The number of rotatable bonds is 7. The molecule has 0 saturated heterocycles. The molecule has 1 N–H and O–H groups in total. The Kier molecular flexibility index (Phi) is 3.90. The van der Waals surface area contributed by atoms with Gasteiger partial charge in [-0.3, -0.25) is 9.48 Å². The number of nitrogens with zero attached hydrogens (tertiary/aromatic N) is 2. The first kappa shape index (κ1) is 15.0. The number of carboxylic acids is 1. The van der Waals surface area contributed by atoms with Crippen LogP contribution < -0.4 is 0 Å². The van der Waals surface area contributed by atoms with E-state index in [0.29, 0.717) is 18.5 Å². The van der Waals surface area contributed by atoms with Gasteiger partial charge in [0, 0.05) is 12.2 Å². The SMILES string of the molecule is CC(C)n1ccc(CS(=O)(=O)CC2(CC(=O)O)CC2)n1. The summed E-state index contributed by atoms with van der Waals surface area (Å²) >= 11 is 0. The Morgan fingerprint density at radius 2 is 2.15 bits per heavy atom. The predicted molar refractivity (Wildman–Crippen MR) is 74.0 cm³/mol. The van der Waals surface area contributed by atoms with Crippen LogP contribution in [-0.2, 0) is 20.4 Å². The van der Waals surface area contributed by atoms with E-state index in [0.717, 1.165) is 0 Å². The molecule has 0 aromatic carbocycles. The second-order valence-corrected chi connectivity index (χ2v) is 8.05. The van der Waals surface area contributed by atoms with Crippen molar-refractivity contribution in [3.8, 4) is 0 Å². The maximum atomic E-state index is 12.2. The van der Waals surface area contributed by atoms with Gasteiger partial charge < -0.3 is 5.11 Å². The third-order valence-corrected chi connectivity index (χ3v) is 5.36. The van der Waals surface area contributed by atoms with Crippen LogP contribution in [0.3, 0.4) is 0 Å². The standard InChI is InChI=1S/C13H20N2O4S/c1-10(2)15-6-3-11(14-15)8-20(18,19)9-13(4-5-13)7-12(16)17/h3,6,10H,4-5,7-9H2,1-2H3,(H,16,17). The number of carboxylic acid groups (broad SMARTS) is 1. The van der Waals surface area contributed by atoms with Crippen molar-refractivity contribution < 1.29 is 18.3 Å². The van der Waals surface area contributed by atoms with E-state index >= 15 is 0 Å². The molecule has 7 heteroatoms. The van der Waals surface area contributed by atoms with E-state index in [1.165, 1.54) is 0 Å². The Hall–Kier alpha value is -1.37. The second kappa shape index (κ2) is 5.20. The van der Waals surface area contributed by atoms with Crippen molar-refractivity contribution in [1.29, 1.82) is 0 Å². The Balaban J connectivity index is 2.02. The lowest BCUT2D eigenvalue weighted by Gasteiger charge is -2.12. The Morgan fingerprint density at radius 3 is 2.60 bits per heavy atom. The molecule has 0 bridgehead atoms. The lowest BCUT2D eigenvalue weighted by Crippen LogP contribution is -2.21. The van der Waals surface area contributed by atoms with Crippen molar-refractivity contribution in [2.75, 3.05) is 5.75 Å². The third kappa shape index (κ3) is 3.82. The van der Waals surface area contributed by atoms with Crippen molar-refractivity contribution in [2.45, 2.75) is 44.9 Å². The molecule has 0 radical (unpaired) electrons. The van der Waals surface area contributed by atoms with Gasteiger partial charge in [0.15, 0.2) is 9.84 Å². The monoisotopic (exact) mass is 300 g/mol. The first-order valence-corrected chi connectivity index (χ1v) is 8.50. The van der Waals surface area contributed by atoms with Gasteiger partial charge in [0.1, 0.15) is 0 Å². The van der Waals surface area contributed by atoms with Crippen LogP contribution in [0.15, 0.2) is 12.3 Å². The normalized spacial score (nSPS) is 17.4. The van der Waals surface area contributed by atoms with Gasteiger partial charge in [0.05, 0.1) is 23.6 Å². The first-order valence-electron chi connectivity index (χ1n) is 6.68. The quantitative estimate of drug-likeness (QED) is 0.826. The molecule has 1 saturated carbocycles. The largest absolute Gasteiger partial charge is 0.481 e. The van der Waals surface area contributed by atoms with Gasteiger partial charge in [0.2, 0.25) is 0 Å². The topological polar surface area (TPSA) is 89.3 Å². The summed E-state index contributed by atoms with van der Waals surface area (Å²) < 4.78 is 26.1. The summed E-state index contributed by atoms with van der Waals surface area (Å²) in [5.74, 6) is -1.10. The zero-order valence-corrected chi connectivity index (χ0v) is 12.6. The molecule has 1 aromatic rings. The number of aromatic nitrogens is 2. The summed E-state index contributed by atoms with van der Waals surface area (Å²) in [5, 5.41) is 13.1. The zero-order chi connectivity index (χ0) is 15.0. The van der Waals surface area contributed by atoms with Gasteiger partial charge in [-0.1, -0.05) is 0 Å². The smallest absolute Gasteiger partial charge is 0.303 e. The van der Waals surface area contributed by atoms with Crippen LogP contribution in [0.1, 0.15) is 44.8 Å². The van der Waals surface area contributed by atoms with Crippen LogP contribution in [0.5, 0.6) is 0 Å². The Bertz CT molecular complexity index is 600. The van der Waals surface area contributed by atoms with Crippen molar-refractivity contribution in [3.63, 3.8) is 0 Å². The van der Waals surface area contributed by atoms with Gasteiger partial charge in [-0.2, -0.15) is 5.10 Å². The second-order valence-electron chi connectivity index (χ2n) is 5.98. The molecule has 0 amide bonds. The highest BCUT2D eigenvalue weighted by Crippen LogP contribution is 2.50. The Labute approximate surface area is 118 Å². The number of sulfone groups is 1. The number of aliphatic carboxylic acids is 1. The lowest BCUT2D eigenvalue weighted by atomic mass is 10.1. The molecule has 6 nitrogen and oxygen atoms in total. The molecule has 1 fully saturated rings. The molecule has 0 atom stereocenters. The predicted octanol–water partition coefficient (Wildman–Crippen LogP) is 1.63. The molecule has 2 rings (SSSR count). The van der Waals surface area contributed by atoms with Gasteiger partial charge in [-0.15, -0.1) is 0 Å². The van der Waals surface area contributed by atoms with Crippen LogP contribution in [0.25, 0.3) is 0 Å². The van der Waals surface area contributed by atoms with E-state index in [4.69, 9.17) is 5.11 Å². The summed E-state index contributed by atoms with van der Waals surface area (Å²) in [6, 6.07) is 1.89. The van der Waals surface area contributed by atoms with E-state index < -0.39 is 21.2 Å². The van der Waals surface area contributed by atoms with Crippen LogP contribution in [0, 0.1) is 5.41 Å². The number of carbonyl (C=O) groups is 1. The maximum absolute atomic E-state index is 12.2. The molecule has 0 spiro atoms. The fourth-order valence-corrected chi connectivity index (χ4v) is 4.38. The fourth-order valence-electron chi connectivity index (χ4n) is 2.35. The molecule has 0 unspecified atom stereocenters. The zero-order valence-electron chi connectivity index (χ0n) is 11.7. The van der Waals surface area contributed by atoms with Gasteiger partial charge in [-0.05, 0) is 38.2 Å². The van der Waals surface area contributed by atoms with E-state index in [1.807, 2.05) is 13.8 Å². The molecule has 112 valence electrons. The van der Waals surface area contributed by atoms with Crippen LogP contribution >= 0.6 is 0 Å². The summed E-state index contributed by atoms with van der Waals surface area (Å²) in [6.07, 6.45) is 3.06. The average Bonchev–Trinajstić information content (AvgIpc) is 2.85. The summed E-state index contributed by atoms with van der Waals surface area (Å²) in [4.78, 5) is 10.8. The van der Waals surface area contributed by atoms with Gasteiger partial charge in [0.25, 0.3) is 0 Å². The molecule has 20 heavy (non-hydrogen) atoms. The molecular formula is C13H20N2O4S. The van der Waals surface area contributed by atoms with E-state index in [2.05, 4.69) is 5.10 Å². The van der Waals surface area contributed by atoms with Crippen molar-refractivity contribution in [1.82, 2.24) is 9.78 Å². The summed E-state index contributed by atoms with van der Waals surface area (Å²) in [5.41, 5.74) is -0.0181. The van der Waals surface area contributed by atoms with E-state index in [9.17, 15) is 13.2 Å². The van der Waals surface area contributed by atoms with Crippen molar-refractivity contribution >= 4 is 15.8 Å². The highest BCUT2D eigenvalue weighted by Gasteiger charge is 2.47. The van der Waals surface area contributed by atoms with Gasteiger partial charge in [-0.25, -0.2) is 8.42 Å². The van der Waals surface area contributed by atoms with Crippen LogP contribution in [-0.4, -0.2) is 35.0 Å². The molecule has 1 aromatic heterocycles. The highest BCUT2D eigenvalue weighted by molar-refractivity contribution is 7.90. The minimum absolute atomic E-state index is 0.0547. The Morgan fingerprint density at radius 1 is 1.50 bits per heavy atom. The van der Waals surface area contributed by atoms with E-state index in [-0.39, 0.29) is 24.0 Å². The minimum atomic E-state index is -3.33. The first-order chi connectivity index (χ1) is 9.21. The number of hydrogen-bond acceptors (Lipinski definition) is 4. The lowest BCUT2D eigenvalue weighted by molar-refractivity contribution is -0.138. The fraction of sp³-hybridized carbons (Fsp3) is 0.692. The minimum Gasteiger partial charge on any atom is -0.481 e. The van der Waals surface area contributed by atoms with Crippen LogP contribution in [0.2, 0.25) is 0 Å². The molecule has 0 aliphatic heterocycles. The third-order valence-electron chi connectivity index (χ3n) is 3.57. The average molecular weight is 300 g/mol. The van der Waals surface area contributed by atoms with Crippen LogP contribution in [0.4, 0.5) is 0 Å². The summed E-state index contributed by atoms with van der Waals surface area (Å²) in [6.45, 7) is 3.94. The molecule has 1 aliphatic rings. The molecule has 1 heterocycles. The number of hydrogen-bond donors (Lipinski definition) is 1. The maximum Gasteiger partial charge on any atom is 0.303 e. The highest BCUT2D eigenvalue weighted by atomic mass is 32.2.